The first kappa shape index (κ1) is 17.8. The van der Waals surface area contributed by atoms with E-state index in [-0.39, 0.29) is 25.3 Å². The van der Waals surface area contributed by atoms with Gasteiger partial charge in [0, 0.05) is 17.7 Å². The van der Waals surface area contributed by atoms with Crippen LogP contribution in [0.25, 0.3) is 0 Å². The van der Waals surface area contributed by atoms with E-state index in [2.05, 4.69) is 11.6 Å². The zero-order chi connectivity index (χ0) is 17.7. The van der Waals surface area contributed by atoms with Gasteiger partial charge >= 0.3 is 5.69 Å². The molecule has 0 aliphatic rings. The third kappa shape index (κ3) is 3.86. The highest BCUT2D eigenvalue weighted by atomic mass is 19.1. The topological polar surface area (TPSA) is 64.1 Å². The molecule has 2 aromatic rings. The number of hydrogen-bond donors (Lipinski definition) is 1. The smallest absolute Gasteiger partial charge is 0.330 e. The first-order valence-electron chi connectivity index (χ1n) is 7.45. The summed E-state index contributed by atoms with van der Waals surface area (Å²) in [7, 11) is 0. The minimum Gasteiger partial charge on any atom is -0.357 e. The van der Waals surface area contributed by atoms with Crippen molar-refractivity contribution in [1.82, 2.24) is 9.55 Å². The number of rotatable bonds is 7. The molecule has 1 N–H and O–H groups in total. The van der Waals surface area contributed by atoms with Crippen LogP contribution >= 0.6 is 0 Å². The summed E-state index contributed by atoms with van der Waals surface area (Å²) in [5.41, 5.74) is -0.491. The van der Waals surface area contributed by atoms with Gasteiger partial charge in [-0.05, 0) is 30.2 Å². The normalized spacial score (nSPS) is 10.8. The Morgan fingerprint density at radius 2 is 2.08 bits per heavy atom. The van der Waals surface area contributed by atoms with Crippen molar-refractivity contribution in [2.75, 3.05) is 6.61 Å². The molecule has 0 atom stereocenters. The number of hydrogen-bond acceptors (Lipinski definition) is 3. The Kier molecular flexibility index (Phi) is 5.81. The van der Waals surface area contributed by atoms with Gasteiger partial charge < -0.3 is 4.74 Å². The molecule has 2 rings (SSSR count). The lowest BCUT2D eigenvalue weighted by atomic mass is 10.0. The maximum absolute atomic E-state index is 13.9. The Balaban J connectivity index is 2.56. The number of benzene rings is 1. The Labute approximate surface area is 137 Å². The summed E-state index contributed by atoms with van der Waals surface area (Å²) >= 11 is 0. The van der Waals surface area contributed by atoms with Crippen molar-refractivity contribution in [2.45, 2.75) is 26.5 Å². The van der Waals surface area contributed by atoms with E-state index in [1.807, 2.05) is 0 Å². The third-order valence-corrected chi connectivity index (χ3v) is 3.59. The first-order valence-corrected chi connectivity index (χ1v) is 7.45. The molecule has 0 saturated heterocycles. The fraction of sp³-hybridized carbons (Fsp3) is 0.294. The summed E-state index contributed by atoms with van der Waals surface area (Å²) in [6, 6.07) is 3.08. The Morgan fingerprint density at radius 1 is 1.33 bits per heavy atom. The van der Waals surface area contributed by atoms with Crippen molar-refractivity contribution in [3.8, 4) is 0 Å². The summed E-state index contributed by atoms with van der Waals surface area (Å²) in [5, 5.41) is 0. The largest absolute Gasteiger partial charge is 0.357 e. The maximum atomic E-state index is 13.9. The number of aromatic nitrogens is 2. The lowest BCUT2D eigenvalue weighted by Crippen LogP contribution is -2.36. The van der Waals surface area contributed by atoms with Crippen LogP contribution in [0.4, 0.5) is 8.78 Å². The van der Waals surface area contributed by atoms with Crippen LogP contribution in [0.15, 0.2) is 40.4 Å². The average Bonchev–Trinajstić information content (AvgIpc) is 2.54. The Hall–Kier alpha value is -2.54. The fourth-order valence-electron chi connectivity index (χ4n) is 2.45. The maximum Gasteiger partial charge on any atom is 0.330 e. The molecule has 0 saturated carbocycles. The Bertz CT molecular complexity index is 856. The molecule has 0 unspecified atom stereocenters. The molecule has 128 valence electrons. The van der Waals surface area contributed by atoms with Crippen molar-refractivity contribution < 1.29 is 13.5 Å². The van der Waals surface area contributed by atoms with Gasteiger partial charge in [-0.3, -0.25) is 14.3 Å². The molecule has 0 fully saturated rings. The molecule has 0 radical (unpaired) electrons. The van der Waals surface area contributed by atoms with Crippen LogP contribution in [0.5, 0.6) is 0 Å². The Morgan fingerprint density at radius 3 is 2.75 bits per heavy atom. The third-order valence-electron chi connectivity index (χ3n) is 3.59. The predicted octanol–water partition coefficient (Wildman–Crippen LogP) is 2.13. The molecule has 24 heavy (non-hydrogen) atoms. The van der Waals surface area contributed by atoms with Gasteiger partial charge in [-0.2, -0.15) is 0 Å². The van der Waals surface area contributed by atoms with E-state index in [0.29, 0.717) is 17.7 Å². The number of nitrogens with zero attached hydrogens (tertiary/aromatic N) is 1. The molecular weight excluding hydrogens is 318 g/mol. The van der Waals surface area contributed by atoms with E-state index < -0.39 is 22.9 Å². The van der Waals surface area contributed by atoms with Crippen LogP contribution in [-0.4, -0.2) is 16.2 Å². The molecule has 0 spiro atoms. The monoisotopic (exact) mass is 336 g/mol. The standard InChI is InChI=1S/C17H18F2N2O3/c1-3-7-24-10-21-15(13(4-2)16(22)20-17(21)23)9-11-8-12(18)5-6-14(11)19/h3,5-6,8H,1,4,7,9-10H2,2H3,(H,20,22,23). The second-order valence-corrected chi connectivity index (χ2v) is 5.17. The van der Waals surface area contributed by atoms with Crippen LogP contribution in [0.1, 0.15) is 23.7 Å². The van der Waals surface area contributed by atoms with Crippen molar-refractivity contribution in [3.05, 3.63) is 80.1 Å². The van der Waals surface area contributed by atoms with Gasteiger partial charge in [0.05, 0.1) is 6.61 Å². The summed E-state index contributed by atoms with van der Waals surface area (Å²) in [6.07, 6.45) is 1.76. The van der Waals surface area contributed by atoms with E-state index in [9.17, 15) is 18.4 Å². The minimum absolute atomic E-state index is 0.0622. The zero-order valence-electron chi connectivity index (χ0n) is 13.3. The molecule has 0 bridgehead atoms. The lowest BCUT2D eigenvalue weighted by Gasteiger charge is -2.16. The number of H-pyrrole nitrogens is 1. The SMILES string of the molecule is C=CCOCn1c(Cc2cc(F)ccc2F)c(CC)c(=O)[nH]c1=O. The van der Waals surface area contributed by atoms with E-state index in [0.717, 1.165) is 18.2 Å². The van der Waals surface area contributed by atoms with Crippen LogP contribution in [0, 0.1) is 11.6 Å². The van der Waals surface area contributed by atoms with Gasteiger partial charge in [0.2, 0.25) is 0 Å². The van der Waals surface area contributed by atoms with Gasteiger partial charge in [0.25, 0.3) is 5.56 Å². The minimum atomic E-state index is -0.659. The van der Waals surface area contributed by atoms with Gasteiger partial charge in [-0.1, -0.05) is 13.0 Å². The second kappa shape index (κ2) is 7.83. The van der Waals surface area contributed by atoms with Gasteiger partial charge in [-0.15, -0.1) is 6.58 Å². The van der Waals surface area contributed by atoms with Gasteiger partial charge in [-0.25, -0.2) is 13.6 Å². The zero-order valence-corrected chi connectivity index (χ0v) is 13.3. The predicted molar refractivity (Wildman–Crippen MR) is 86.0 cm³/mol. The summed E-state index contributed by atoms with van der Waals surface area (Å²) < 4.78 is 33.8. The van der Waals surface area contributed by atoms with E-state index in [4.69, 9.17) is 4.74 Å². The molecular formula is C17H18F2N2O3. The van der Waals surface area contributed by atoms with Crippen LogP contribution in [-0.2, 0) is 24.3 Å². The van der Waals surface area contributed by atoms with E-state index in [1.54, 1.807) is 6.92 Å². The van der Waals surface area contributed by atoms with Crippen LogP contribution < -0.4 is 11.2 Å². The highest BCUT2D eigenvalue weighted by Gasteiger charge is 2.16. The summed E-state index contributed by atoms with van der Waals surface area (Å²) in [4.78, 5) is 26.3. The van der Waals surface area contributed by atoms with Crippen molar-refractivity contribution in [2.24, 2.45) is 0 Å². The number of aromatic amines is 1. The highest BCUT2D eigenvalue weighted by Crippen LogP contribution is 2.16. The first-order chi connectivity index (χ1) is 11.5. The molecule has 1 aromatic carbocycles. The average molecular weight is 336 g/mol. The van der Waals surface area contributed by atoms with Crippen LogP contribution in [0.2, 0.25) is 0 Å². The molecule has 7 heteroatoms. The molecule has 0 aliphatic carbocycles. The molecule has 0 aliphatic heterocycles. The second-order valence-electron chi connectivity index (χ2n) is 5.17. The summed E-state index contributed by atoms with van der Waals surface area (Å²) in [5.74, 6) is -1.20. The molecule has 1 heterocycles. The van der Waals surface area contributed by atoms with Crippen molar-refractivity contribution >= 4 is 0 Å². The van der Waals surface area contributed by atoms with E-state index >= 15 is 0 Å². The lowest BCUT2D eigenvalue weighted by molar-refractivity contribution is 0.0942. The van der Waals surface area contributed by atoms with Gasteiger partial charge in [0.15, 0.2) is 0 Å². The number of ether oxygens (including phenoxy) is 1. The molecule has 0 amide bonds. The highest BCUT2D eigenvalue weighted by molar-refractivity contribution is 5.28. The van der Waals surface area contributed by atoms with Crippen molar-refractivity contribution in [3.63, 3.8) is 0 Å². The number of halogens is 2. The van der Waals surface area contributed by atoms with Gasteiger partial charge in [0.1, 0.15) is 18.4 Å². The van der Waals surface area contributed by atoms with Crippen LogP contribution in [0.3, 0.4) is 0 Å². The fourth-order valence-corrected chi connectivity index (χ4v) is 2.45. The number of nitrogens with one attached hydrogen (secondary N) is 1. The quantitative estimate of drug-likeness (QED) is 0.622. The molecule has 5 nitrogen and oxygen atoms in total. The van der Waals surface area contributed by atoms with E-state index in [1.165, 1.54) is 10.6 Å². The summed E-state index contributed by atoms with van der Waals surface area (Å²) in [6.45, 7) is 5.34. The molecule has 1 aromatic heterocycles. The van der Waals surface area contributed by atoms with Crippen molar-refractivity contribution in [1.29, 1.82) is 0 Å².